The molecule has 0 saturated heterocycles. The zero-order valence-corrected chi connectivity index (χ0v) is 17.4. The summed E-state index contributed by atoms with van der Waals surface area (Å²) in [6.45, 7) is 5.87. The molecule has 0 aliphatic heterocycles. The van der Waals surface area contributed by atoms with Crippen LogP contribution in [0.4, 0.5) is 0 Å². The first kappa shape index (κ1) is 22.2. The Hall–Kier alpha value is -3.13. The summed E-state index contributed by atoms with van der Waals surface area (Å²) in [4.78, 5) is 30.8. The predicted octanol–water partition coefficient (Wildman–Crippen LogP) is 5.23. The minimum absolute atomic E-state index is 0.218. The number of carbonyl (C=O) groups excluding carboxylic acids is 1. The second kappa shape index (κ2) is 11.0. The van der Waals surface area contributed by atoms with E-state index in [0.717, 1.165) is 5.70 Å². The van der Waals surface area contributed by atoms with E-state index >= 15 is 0 Å². The van der Waals surface area contributed by atoms with Gasteiger partial charge in [0.2, 0.25) is 0 Å². The minimum Gasteiger partial charge on any atom is -0.467 e. The fourth-order valence-corrected chi connectivity index (χ4v) is 3.08. The molecule has 2 rings (SSSR count). The highest BCUT2D eigenvalue weighted by atomic mass is 32.2. The van der Waals surface area contributed by atoms with Gasteiger partial charge >= 0.3 is 0 Å². The highest BCUT2D eigenvalue weighted by Crippen LogP contribution is 2.21. The van der Waals surface area contributed by atoms with Crippen molar-refractivity contribution in [2.45, 2.75) is 38.6 Å². The van der Waals surface area contributed by atoms with Crippen LogP contribution >= 0.6 is 11.9 Å². The zero-order chi connectivity index (χ0) is 21.2. The van der Waals surface area contributed by atoms with Gasteiger partial charge in [-0.15, -0.1) is 0 Å². The van der Waals surface area contributed by atoms with Crippen molar-refractivity contribution >= 4 is 23.6 Å². The van der Waals surface area contributed by atoms with Gasteiger partial charge in [0.25, 0.3) is 17.9 Å². The molecule has 0 radical (unpaired) electrons. The molecule has 29 heavy (non-hydrogen) atoms. The molecular formula is C21H23N3O4S. The summed E-state index contributed by atoms with van der Waals surface area (Å²) in [6, 6.07) is 10.2. The molecule has 0 saturated carbocycles. The van der Waals surface area contributed by atoms with Crippen LogP contribution in [0.25, 0.3) is 0 Å². The largest absolute Gasteiger partial charge is 0.467 e. The van der Waals surface area contributed by atoms with Gasteiger partial charge in [0.1, 0.15) is 15.8 Å². The first-order chi connectivity index (χ1) is 14.0. The maximum Gasteiger partial charge on any atom is 0.277 e. The third-order valence-electron chi connectivity index (χ3n) is 3.94. The van der Waals surface area contributed by atoms with Gasteiger partial charge < -0.3 is 9.32 Å². The van der Waals surface area contributed by atoms with Crippen LogP contribution in [0.15, 0.2) is 81.0 Å². The second-order valence-corrected chi connectivity index (χ2v) is 6.88. The highest BCUT2D eigenvalue weighted by molar-refractivity contribution is 7.93. The molecule has 152 valence electrons. The minimum atomic E-state index is -0.482. The fraction of sp³-hybridized carbons (Fsp3) is 0.238. The number of amides is 1. The molecule has 8 heteroatoms. The van der Waals surface area contributed by atoms with E-state index in [1.54, 1.807) is 54.9 Å². The van der Waals surface area contributed by atoms with Gasteiger partial charge in [-0.1, -0.05) is 31.2 Å². The molecule has 0 atom stereocenters. The molecule has 0 aliphatic carbocycles. The van der Waals surface area contributed by atoms with Crippen LogP contribution in [0.2, 0.25) is 0 Å². The van der Waals surface area contributed by atoms with E-state index in [1.807, 2.05) is 26.8 Å². The first-order valence-corrected chi connectivity index (χ1v) is 9.88. The number of nitrogens with zero attached hydrogens (tertiary/aromatic N) is 3. The van der Waals surface area contributed by atoms with Gasteiger partial charge in [0.05, 0.1) is 17.7 Å². The van der Waals surface area contributed by atoms with Crippen LogP contribution in [-0.4, -0.2) is 20.8 Å². The Morgan fingerprint density at radius 2 is 2.10 bits per heavy atom. The predicted molar refractivity (Wildman–Crippen MR) is 114 cm³/mol. The number of nitro groups is 1. The van der Waals surface area contributed by atoms with Gasteiger partial charge in [0.15, 0.2) is 0 Å². The van der Waals surface area contributed by atoms with Crippen molar-refractivity contribution in [2.24, 2.45) is 4.99 Å². The second-order valence-electron chi connectivity index (χ2n) is 5.93. The van der Waals surface area contributed by atoms with Gasteiger partial charge in [-0.3, -0.25) is 14.9 Å². The Kier molecular flexibility index (Phi) is 8.42. The van der Waals surface area contributed by atoms with Gasteiger partial charge in [-0.2, -0.15) is 0 Å². The quantitative estimate of drug-likeness (QED) is 0.243. The van der Waals surface area contributed by atoms with Gasteiger partial charge in [-0.05, 0) is 44.5 Å². The lowest BCUT2D eigenvalue weighted by Gasteiger charge is -2.19. The molecule has 1 aromatic carbocycles. The molecule has 0 unspecified atom stereocenters. The van der Waals surface area contributed by atoms with E-state index < -0.39 is 4.33 Å². The first-order valence-electron chi connectivity index (χ1n) is 9.11. The summed E-state index contributed by atoms with van der Waals surface area (Å²) < 4.78 is 4.89. The number of carbonyl (C=O) groups is 1. The van der Waals surface area contributed by atoms with Gasteiger partial charge in [0, 0.05) is 17.5 Å². The van der Waals surface area contributed by atoms with Crippen LogP contribution in [0.3, 0.4) is 0 Å². The van der Waals surface area contributed by atoms with Crippen molar-refractivity contribution in [1.82, 2.24) is 4.90 Å². The molecule has 0 aliphatic rings. The smallest absolute Gasteiger partial charge is 0.277 e. The monoisotopic (exact) mass is 413 g/mol. The molecule has 0 spiro atoms. The molecule has 2 aromatic rings. The summed E-state index contributed by atoms with van der Waals surface area (Å²) in [5, 5.41) is 10.9. The Bertz CT molecular complexity index is 933. The molecule has 7 nitrogen and oxygen atoms in total. The third-order valence-corrected chi connectivity index (χ3v) is 4.55. The summed E-state index contributed by atoms with van der Waals surface area (Å²) >= 11 is 0.493. The number of aliphatic imine (C=N–C) groups is 1. The average molecular weight is 413 g/mol. The number of allylic oxidation sites excluding steroid dienone is 3. The maximum atomic E-state index is 13.4. The molecule has 1 aromatic heterocycles. The Morgan fingerprint density at radius 1 is 1.31 bits per heavy atom. The lowest BCUT2D eigenvalue weighted by Crippen LogP contribution is -2.32. The van der Waals surface area contributed by atoms with E-state index in [1.165, 1.54) is 4.90 Å². The number of hydrogen-bond acceptors (Lipinski definition) is 6. The number of furan rings is 1. The SMILES string of the molecule is C/C=C/N(Cc1ccco1)C(=O)/C(=N\C(=C\C)CC)c1cccc(S[N+](=O)[O-])c1. The van der Waals surface area contributed by atoms with Crippen LogP contribution in [0.5, 0.6) is 0 Å². The Labute approximate surface area is 174 Å². The fourth-order valence-electron chi connectivity index (χ4n) is 2.59. The number of hydrogen-bond donors (Lipinski definition) is 0. The van der Waals surface area contributed by atoms with Crippen molar-refractivity contribution in [3.63, 3.8) is 0 Å². The van der Waals surface area contributed by atoms with E-state index in [0.29, 0.717) is 34.6 Å². The number of benzene rings is 1. The lowest BCUT2D eigenvalue weighted by molar-refractivity contribution is -0.284. The van der Waals surface area contributed by atoms with E-state index in [9.17, 15) is 14.9 Å². The van der Waals surface area contributed by atoms with Gasteiger partial charge in [-0.25, -0.2) is 4.99 Å². The van der Waals surface area contributed by atoms with E-state index in [4.69, 9.17) is 4.42 Å². The van der Waals surface area contributed by atoms with Crippen molar-refractivity contribution in [3.05, 3.63) is 88.1 Å². The maximum absolute atomic E-state index is 13.4. The average Bonchev–Trinajstić information content (AvgIpc) is 3.21. The van der Waals surface area contributed by atoms with Crippen molar-refractivity contribution in [1.29, 1.82) is 0 Å². The van der Waals surface area contributed by atoms with Crippen LogP contribution in [-0.2, 0) is 11.3 Å². The normalized spacial score (nSPS) is 12.4. The number of rotatable bonds is 9. The molecule has 0 bridgehead atoms. The molecule has 0 N–H and O–H groups in total. The van der Waals surface area contributed by atoms with Crippen LogP contribution in [0, 0.1) is 10.1 Å². The Balaban J connectivity index is 2.49. The van der Waals surface area contributed by atoms with E-state index in [-0.39, 0.29) is 18.2 Å². The van der Waals surface area contributed by atoms with Crippen molar-refractivity contribution in [3.8, 4) is 0 Å². The Morgan fingerprint density at radius 3 is 2.69 bits per heavy atom. The highest BCUT2D eigenvalue weighted by Gasteiger charge is 2.22. The lowest BCUT2D eigenvalue weighted by atomic mass is 10.1. The third kappa shape index (κ3) is 6.46. The van der Waals surface area contributed by atoms with Crippen molar-refractivity contribution in [2.75, 3.05) is 0 Å². The summed E-state index contributed by atoms with van der Waals surface area (Å²) in [5.74, 6) is 0.311. The topological polar surface area (TPSA) is 89.0 Å². The molecule has 1 amide bonds. The van der Waals surface area contributed by atoms with E-state index in [2.05, 4.69) is 4.99 Å². The summed E-state index contributed by atoms with van der Waals surface area (Å²) in [7, 11) is 0. The molecular weight excluding hydrogens is 390 g/mol. The van der Waals surface area contributed by atoms with Crippen molar-refractivity contribution < 1.29 is 13.5 Å². The summed E-state index contributed by atoms with van der Waals surface area (Å²) in [6.07, 6.45) is 7.47. The molecule has 0 fully saturated rings. The van der Waals surface area contributed by atoms with Crippen LogP contribution < -0.4 is 0 Å². The molecule has 1 heterocycles. The standard InChI is InChI=1S/C21H23N3O4S/c1-4-12-23(15-18-10-8-13-28-18)21(25)20(22-17(5-2)6-3)16-9-7-11-19(14-16)29-24(26)27/h4-5,7-14H,6,15H2,1-3H3/b12-4+,17-5+,22-20-. The van der Waals surface area contributed by atoms with Crippen LogP contribution in [0.1, 0.15) is 38.5 Å². The summed E-state index contributed by atoms with van der Waals surface area (Å²) in [5.41, 5.74) is 1.48. The zero-order valence-electron chi connectivity index (χ0n) is 16.6.